The van der Waals surface area contributed by atoms with Gasteiger partial charge in [-0.3, -0.25) is 14.7 Å². The van der Waals surface area contributed by atoms with Crippen LogP contribution in [0.2, 0.25) is 0 Å². The summed E-state index contributed by atoms with van der Waals surface area (Å²) in [5, 5.41) is 6.11. The monoisotopic (exact) mass is 353 g/mol. The standard InChI is InChI=1S/C19H19N3O2S/c23-19(18-4-2-10-25-18)15-3-1-9-22(12-15)13-16-11-17(21-24-16)14-5-7-20-8-6-14/h2,4-8,10-11,15H,1,3,9,12-13H2. The summed E-state index contributed by atoms with van der Waals surface area (Å²) in [6.07, 6.45) is 5.49. The molecule has 0 aromatic carbocycles. The van der Waals surface area contributed by atoms with Gasteiger partial charge in [-0.05, 0) is 43.0 Å². The number of carbonyl (C=O) groups excluding carboxylic acids is 1. The summed E-state index contributed by atoms with van der Waals surface area (Å²) in [5.41, 5.74) is 1.81. The van der Waals surface area contributed by atoms with Gasteiger partial charge in [0.2, 0.25) is 0 Å². The first-order chi connectivity index (χ1) is 12.3. The van der Waals surface area contributed by atoms with Gasteiger partial charge in [-0.1, -0.05) is 11.2 Å². The lowest BCUT2D eigenvalue weighted by Crippen LogP contribution is -2.38. The summed E-state index contributed by atoms with van der Waals surface area (Å²) >= 11 is 1.53. The minimum absolute atomic E-state index is 0.0787. The van der Waals surface area contributed by atoms with E-state index < -0.39 is 0 Å². The van der Waals surface area contributed by atoms with Crippen LogP contribution >= 0.6 is 11.3 Å². The summed E-state index contributed by atoms with van der Waals surface area (Å²) in [6, 6.07) is 9.66. The molecule has 0 radical (unpaired) electrons. The molecule has 0 aliphatic carbocycles. The largest absolute Gasteiger partial charge is 0.359 e. The molecule has 6 heteroatoms. The average Bonchev–Trinajstić information content (AvgIpc) is 3.34. The highest BCUT2D eigenvalue weighted by atomic mass is 32.1. The first-order valence-electron chi connectivity index (χ1n) is 8.45. The van der Waals surface area contributed by atoms with E-state index in [0.717, 1.165) is 47.8 Å². The fraction of sp³-hybridized carbons (Fsp3) is 0.316. The minimum atomic E-state index is 0.0787. The Balaban J connectivity index is 1.41. The van der Waals surface area contributed by atoms with Crippen molar-refractivity contribution in [3.8, 4) is 11.3 Å². The molecule has 0 spiro atoms. The maximum Gasteiger partial charge on any atom is 0.177 e. The molecule has 0 saturated carbocycles. The molecule has 1 atom stereocenters. The number of ketones is 1. The highest BCUT2D eigenvalue weighted by Crippen LogP contribution is 2.25. The molecule has 25 heavy (non-hydrogen) atoms. The number of likely N-dealkylation sites (tertiary alicyclic amines) is 1. The number of nitrogens with zero attached hydrogens (tertiary/aromatic N) is 3. The molecule has 3 aromatic rings. The zero-order chi connectivity index (χ0) is 17.1. The third kappa shape index (κ3) is 3.70. The van der Waals surface area contributed by atoms with E-state index in [1.165, 1.54) is 11.3 Å². The first-order valence-corrected chi connectivity index (χ1v) is 9.33. The lowest BCUT2D eigenvalue weighted by Gasteiger charge is -2.30. The number of aromatic nitrogens is 2. The van der Waals surface area contributed by atoms with Crippen molar-refractivity contribution < 1.29 is 9.32 Å². The van der Waals surface area contributed by atoms with Crippen molar-refractivity contribution in [3.05, 3.63) is 58.7 Å². The Morgan fingerprint density at radius 1 is 1.32 bits per heavy atom. The number of thiophene rings is 1. The summed E-state index contributed by atoms with van der Waals surface area (Å²) < 4.78 is 5.49. The topological polar surface area (TPSA) is 59.2 Å². The number of rotatable bonds is 5. The van der Waals surface area contributed by atoms with E-state index >= 15 is 0 Å². The Morgan fingerprint density at radius 3 is 3.00 bits per heavy atom. The highest BCUT2D eigenvalue weighted by Gasteiger charge is 2.27. The first kappa shape index (κ1) is 16.2. The Hall–Kier alpha value is -2.31. The van der Waals surface area contributed by atoms with Crippen LogP contribution in [0, 0.1) is 5.92 Å². The van der Waals surface area contributed by atoms with Crippen molar-refractivity contribution in [1.82, 2.24) is 15.0 Å². The fourth-order valence-corrected chi connectivity index (χ4v) is 4.04. The molecule has 1 fully saturated rings. The molecule has 4 rings (SSSR count). The van der Waals surface area contributed by atoms with E-state index in [4.69, 9.17) is 4.52 Å². The minimum Gasteiger partial charge on any atom is -0.359 e. The molecule has 3 aromatic heterocycles. The SMILES string of the molecule is O=C(c1cccs1)C1CCCN(Cc2cc(-c3ccncc3)no2)C1. The van der Waals surface area contributed by atoms with Crippen molar-refractivity contribution in [1.29, 1.82) is 0 Å². The molecule has 0 bridgehead atoms. The molecule has 128 valence electrons. The van der Waals surface area contributed by atoms with Gasteiger partial charge in [0.1, 0.15) is 5.69 Å². The summed E-state index contributed by atoms with van der Waals surface area (Å²) in [6.45, 7) is 2.45. The Labute approximate surface area is 150 Å². The number of pyridine rings is 1. The summed E-state index contributed by atoms with van der Waals surface area (Å²) in [7, 11) is 0. The average molecular weight is 353 g/mol. The van der Waals surface area contributed by atoms with Crippen LogP contribution in [-0.2, 0) is 6.54 Å². The molecule has 1 unspecified atom stereocenters. The fourth-order valence-electron chi connectivity index (χ4n) is 3.30. The van der Waals surface area contributed by atoms with Crippen molar-refractivity contribution in [3.63, 3.8) is 0 Å². The quantitative estimate of drug-likeness (QED) is 0.651. The number of hydrogen-bond acceptors (Lipinski definition) is 6. The van der Waals surface area contributed by atoms with Crippen LogP contribution in [0.4, 0.5) is 0 Å². The zero-order valence-electron chi connectivity index (χ0n) is 13.8. The maximum absolute atomic E-state index is 12.6. The molecule has 5 nitrogen and oxygen atoms in total. The Kier molecular flexibility index (Phi) is 4.72. The summed E-state index contributed by atoms with van der Waals surface area (Å²) in [4.78, 5) is 19.8. The van der Waals surface area contributed by atoms with Gasteiger partial charge < -0.3 is 4.52 Å². The van der Waals surface area contributed by atoms with Crippen LogP contribution in [0.1, 0.15) is 28.3 Å². The van der Waals surface area contributed by atoms with Gasteiger partial charge in [-0.2, -0.15) is 0 Å². The second kappa shape index (κ2) is 7.29. The molecular weight excluding hydrogens is 334 g/mol. The number of Topliss-reactive ketones (excluding diaryl/α,β-unsaturated/α-hetero) is 1. The number of hydrogen-bond donors (Lipinski definition) is 0. The maximum atomic E-state index is 12.6. The van der Waals surface area contributed by atoms with Gasteiger partial charge in [0.05, 0.1) is 11.4 Å². The highest BCUT2D eigenvalue weighted by molar-refractivity contribution is 7.12. The van der Waals surface area contributed by atoms with E-state index in [1.807, 2.05) is 35.7 Å². The number of piperidine rings is 1. The molecule has 0 amide bonds. The second-order valence-corrected chi connectivity index (χ2v) is 7.28. The summed E-state index contributed by atoms with van der Waals surface area (Å²) in [5.74, 6) is 1.18. The van der Waals surface area contributed by atoms with Crippen LogP contribution in [0.5, 0.6) is 0 Å². The lowest BCUT2D eigenvalue weighted by atomic mass is 9.93. The van der Waals surface area contributed by atoms with E-state index in [9.17, 15) is 4.79 Å². The van der Waals surface area contributed by atoms with E-state index in [0.29, 0.717) is 6.54 Å². The molecular formula is C19H19N3O2S. The smallest absolute Gasteiger partial charge is 0.177 e. The van der Waals surface area contributed by atoms with Crippen molar-refractivity contribution in [2.24, 2.45) is 5.92 Å². The van der Waals surface area contributed by atoms with E-state index in [1.54, 1.807) is 12.4 Å². The van der Waals surface area contributed by atoms with Crippen molar-refractivity contribution >= 4 is 17.1 Å². The van der Waals surface area contributed by atoms with Crippen LogP contribution in [-0.4, -0.2) is 33.9 Å². The van der Waals surface area contributed by atoms with Gasteiger partial charge >= 0.3 is 0 Å². The van der Waals surface area contributed by atoms with Gasteiger partial charge in [-0.15, -0.1) is 11.3 Å². The third-order valence-electron chi connectivity index (χ3n) is 4.55. The van der Waals surface area contributed by atoms with Gasteiger partial charge in [-0.25, -0.2) is 0 Å². The van der Waals surface area contributed by atoms with Crippen LogP contribution in [0.25, 0.3) is 11.3 Å². The molecule has 1 aliphatic rings. The Bertz CT molecular complexity index is 829. The molecule has 0 N–H and O–H groups in total. The molecule has 4 heterocycles. The Morgan fingerprint density at radius 2 is 2.20 bits per heavy atom. The normalized spacial score (nSPS) is 18.3. The predicted molar refractivity (Wildman–Crippen MR) is 96.4 cm³/mol. The predicted octanol–water partition coefficient (Wildman–Crippen LogP) is 3.89. The number of carbonyl (C=O) groups is 1. The third-order valence-corrected chi connectivity index (χ3v) is 5.44. The lowest BCUT2D eigenvalue weighted by molar-refractivity contribution is 0.0804. The van der Waals surface area contributed by atoms with E-state index in [-0.39, 0.29) is 11.7 Å². The molecule has 1 saturated heterocycles. The second-order valence-electron chi connectivity index (χ2n) is 6.33. The molecule has 1 aliphatic heterocycles. The van der Waals surface area contributed by atoms with Gasteiger partial charge in [0.15, 0.2) is 11.5 Å². The van der Waals surface area contributed by atoms with Crippen LogP contribution < -0.4 is 0 Å². The van der Waals surface area contributed by atoms with Crippen LogP contribution in [0.3, 0.4) is 0 Å². The van der Waals surface area contributed by atoms with Crippen LogP contribution in [0.15, 0.2) is 52.6 Å². The zero-order valence-corrected chi connectivity index (χ0v) is 14.6. The van der Waals surface area contributed by atoms with Gasteiger partial charge in [0, 0.05) is 36.5 Å². The van der Waals surface area contributed by atoms with Crippen molar-refractivity contribution in [2.45, 2.75) is 19.4 Å². The van der Waals surface area contributed by atoms with Gasteiger partial charge in [0.25, 0.3) is 0 Å². The van der Waals surface area contributed by atoms with Crippen molar-refractivity contribution in [2.75, 3.05) is 13.1 Å². The van der Waals surface area contributed by atoms with E-state index in [2.05, 4.69) is 15.0 Å².